The Morgan fingerprint density at radius 3 is 2.76 bits per heavy atom. The van der Waals surface area contributed by atoms with Crippen LogP contribution in [0.4, 0.5) is 0 Å². The van der Waals surface area contributed by atoms with E-state index in [-0.39, 0.29) is 5.41 Å². The SMILES string of the molecule is COC1CC(NCc2cn(C)nc2C)C1(C)C. The van der Waals surface area contributed by atoms with Crippen molar-refractivity contribution in [2.24, 2.45) is 12.5 Å². The van der Waals surface area contributed by atoms with Gasteiger partial charge in [0.2, 0.25) is 0 Å². The maximum absolute atomic E-state index is 5.46. The van der Waals surface area contributed by atoms with Crippen molar-refractivity contribution in [2.75, 3.05) is 7.11 Å². The molecule has 1 aliphatic rings. The molecule has 0 aromatic carbocycles. The second-order valence-electron chi connectivity index (χ2n) is 5.63. The predicted molar refractivity (Wildman–Crippen MR) is 67.8 cm³/mol. The van der Waals surface area contributed by atoms with Gasteiger partial charge in [-0.15, -0.1) is 0 Å². The van der Waals surface area contributed by atoms with Gasteiger partial charge in [0.05, 0.1) is 11.8 Å². The number of nitrogens with one attached hydrogen (secondary N) is 1. The number of nitrogens with zero attached hydrogens (tertiary/aromatic N) is 2. The topological polar surface area (TPSA) is 39.1 Å². The zero-order valence-electron chi connectivity index (χ0n) is 11.4. The third kappa shape index (κ3) is 2.24. The van der Waals surface area contributed by atoms with E-state index in [0.717, 1.165) is 18.7 Å². The Balaban J connectivity index is 1.90. The minimum absolute atomic E-state index is 0.227. The fourth-order valence-electron chi connectivity index (χ4n) is 2.69. The van der Waals surface area contributed by atoms with Crippen LogP contribution in [0, 0.1) is 12.3 Å². The van der Waals surface area contributed by atoms with E-state index in [0.29, 0.717) is 12.1 Å². The molecule has 1 aromatic heterocycles. The molecule has 1 heterocycles. The van der Waals surface area contributed by atoms with Gasteiger partial charge in [0.1, 0.15) is 0 Å². The highest BCUT2D eigenvalue weighted by Crippen LogP contribution is 2.42. The molecular formula is C13H23N3O. The van der Waals surface area contributed by atoms with Gasteiger partial charge in [-0.1, -0.05) is 13.8 Å². The van der Waals surface area contributed by atoms with E-state index < -0.39 is 0 Å². The molecule has 0 saturated heterocycles. The first-order valence-corrected chi connectivity index (χ1v) is 6.20. The fraction of sp³-hybridized carbons (Fsp3) is 0.769. The van der Waals surface area contributed by atoms with Gasteiger partial charge in [0.25, 0.3) is 0 Å². The second kappa shape index (κ2) is 4.42. The summed E-state index contributed by atoms with van der Waals surface area (Å²) in [7, 11) is 3.76. The summed E-state index contributed by atoms with van der Waals surface area (Å²) in [4.78, 5) is 0. The molecule has 1 fully saturated rings. The molecule has 0 bridgehead atoms. The zero-order valence-corrected chi connectivity index (χ0v) is 11.4. The highest BCUT2D eigenvalue weighted by atomic mass is 16.5. The molecule has 96 valence electrons. The molecule has 17 heavy (non-hydrogen) atoms. The van der Waals surface area contributed by atoms with Crippen molar-refractivity contribution in [1.29, 1.82) is 0 Å². The van der Waals surface area contributed by atoms with Crippen LogP contribution in [0.2, 0.25) is 0 Å². The highest BCUT2D eigenvalue weighted by molar-refractivity contribution is 5.15. The number of methoxy groups -OCH3 is 1. The Kier molecular flexibility index (Phi) is 3.27. The summed E-state index contributed by atoms with van der Waals surface area (Å²) in [5, 5.41) is 7.96. The first kappa shape index (κ1) is 12.6. The van der Waals surface area contributed by atoms with Gasteiger partial charge in [0, 0.05) is 43.9 Å². The Morgan fingerprint density at radius 1 is 1.59 bits per heavy atom. The van der Waals surface area contributed by atoms with Gasteiger partial charge in [0.15, 0.2) is 0 Å². The van der Waals surface area contributed by atoms with Crippen LogP contribution in [0.25, 0.3) is 0 Å². The highest BCUT2D eigenvalue weighted by Gasteiger charge is 2.48. The van der Waals surface area contributed by atoms with Crippen LogP contribution in [-0.2, 0) is 18.3 Å². The van der Waals surface area contributed by atoms with Crippen LogP contribution in [0.5, 0.6) is 0 Å². The summed E-state index contributed by atoms with van der Waals surface area (Å²) in [6.07, 6.45) is 3.57. The molecule has 0 aliphatic heterocycles. The van der Waals surface area contributed by atoms with Gasteiger partial charge in [-0.3, -0.25) is 4.68 Å². The first-order chi connectivity index (χ1) is 7.95. The molecule has 2 unspecified atom stereocenters. The molecule has 1 aromatic rings. The maximum Gasteiger partial charge on any atom is 0.0652 e. The summed E-state index contributed by atoms with van der Waals surface area (Å²) >= 11 is 0. The first-order valence-electron chi connectivity index (χ1n) is 6.20. The van der Waals surface area contributed by atoms with Crippen molar-refractivity contribution >= 4 is 0 Å². The lowest BCUT2D eigenvalue weighted by Gasteiger charge is -2.51. The Labute approximate surface area is 103 Å². The van der Waals surface area contributed by atoms with E-state index in [1.807, 2.05) is 11.7 Å². The Bertz CT molecular complexity index is 397. The van der Waals surface area contributed by atoms with Crippen molar-refractivity contribution in [3.8, 4) is 0 Å². The van der Waals surface area contributed by atoms with Crippen LogP contribution < -0.4 is 5.32 Å². The Hall–Kier alpha value is -0.870. The van der Waals surface area contributed by atoms with Gasteiger partial charge < -0.3 is 10.1 Å². The zero-order chi connectivity index (χ0) is 12.6. The number of rotatable bonds is 4. The summed E-state index contributed by atoms with van der Waals surface area (Å²) in [5.41, 5.74) is 2.62. The van der Waals surface area contributed by atoms with Crippen LogP contribution in [-0.4, -0.2) is 29.0 Å². The quantitative estimate of drug-likeness (QED) is 0.865. The lowest BCUT2D eigenvalue weighted by Crippen LogP contribution is -2.60. The summed E-state index contributed by atoms with van der Waals surface area (Å²) in [5.74, 6) is 0. The van der Waals surface area contributed by atoms with Crippen LogP contribution in [0.3, 0.4) is 0 Å². The molecular weight excluding hydrogens is 214 g/mol. The number of aryl methyl sites for hydroxylation is 2. The van der Waals surface area contributed by atoms with Crippen LogP contribution in [0.1, 0.15) is 31.5 Å². The largest absolute Gasteiger partial charge is 0.381 e. The standard InChI is InChI=1S/C13H23N3O/c1-9-10(8-16(4)15-9)7-14-11-6-12(17-5)13(11,2)3/h8,11-12,14H,6-7H2,1-5H3. The molecule has 1 N–H and O–H groups in total. The number of aromatic nitrogens is 2. The Morgan fingerprint density at radius 2 is 2.29 bits per heavy atom. The average Bonchev–Trinajstić information content (AvgIpc) is 2.56. The van der Waals surface area contributed by atoms with Gasteiger partial charge in [-0.25, -0.2) is 0 Å². The molecule has 1 aliphatic carbocycles. The normalized spacial score (nSPS) is 26.9. The third-order valence-corrected chi connectivity index (χ3v) is 4.12. The molecule has 4 heteroatoms. The smallest absolute Gasteiger partial charge is 0.0652 e. The molecule has 4 nitrogen and oxygen atoms in total. The molecule has 1 saturated carbocycles. The molecule has 2 rings (SSSR count). The average molecular weight is 237 g/mol. The lowest BCUT2D eigenvalue weighted by molar-refractivity contribution is -0.0979. The van der Waals surface area contributed by atoms with Gasteiger partial charge in [-0.2, -0.15) is 5.10 Å². The third-order valence-electron chi connectivity index (χ3n) is 4.12. The van der Waals surface area contributed by atoms with Crippen molar-refractivity contribution < 1.29 is 4.74 Å². The van der Waals surface area contributed by atoms with Crippen LogP contribution in [0.15, 0.2) is 6.20 Å². The summed E-state index contributed by atoms with van der Waals surface area (Å²) in [6, 6.07) is 0.534. The number of ether oxygens (including phenoxy) is 1. The van der Waals surface area contributed by atoms with Crippen molar-refractivity contribution in [1.82, 2.24) is 15.1 Å². The van der Waals surface area contributed by atoms with Gasteiger partial charge in [-0.05, 0) is 13.3 Å². The van der Waals surface area contributed by atoms with Gasteiger partial charge >= 0.3 is 0 Å². The molecule has 0 amide bonds. The van der Waals surface area contributed by atoms with E-state index in [4.69, 9.17) is 4.74 Å². The van der Waals surface area contributed by atoms with Crippen molar-refractivity contribution in [3.05, 3.63) is 17.5 Å². The van der Waals surface area contributed by atoms with Crippen molar-refractivity contribution in [2.45, 2.75) is 45.9 Å². The van der Waals surface area contributed by atoms with Crippen molar-refractivity contribution in [3.63, 3.8) is 0 Å². The molecule has 2 atom stereocenters. The number of hydrogen-bond donors (Lipinski definition) is 1. The second-order valence-corrected chi connectivity index (χ2v) is 5.63. The summed E-state index contributed by atoms with van der Waals surface area (Å²) < 4.78 is 7.33. The van der Waals surface area contributed by atoms with E-state index in [1.54, 1.807) is 7.11 Å². The van der Waals surface area contributed by atoms with E-state index in [2.05, 4.69) is 37.4 Å². The minimum Gasteiger partial charge on any atom is -0.381 e. The summed E-state index contributed by atoms with van der Waals surface area (Å²) in [6.45, 7) is 7.47. The number of hydrogen-bond acceptors (Lipinski definition) is 3. The molecule has 0 spiro atoms. The van der Waals surface area contributed by atoms with E-state index >= 15 is 0 Å². The predicted octanol–water partition coefficient (Wildman–Crippen LogP) is 1.63. The maximum atomic E-state index is 5.46. The van der Waals surface area contributed by atoms with Crippen LogP contribution >= 0.6 is 0 Å². The van der Waals surface area contributed by atoms with E-state index in [9.17, 15) is 0 Å². The molecule has 0 radical (unpaired) electrons. The monoisotopic (exact) mass is 237 g/mol. The fourth-order valence-corrected chi connectivity index (χ4v) is 2.69. The minimum atomic E-state index is 0.227. The van der Waals surface area contributed by atoms with E-state index in [1.165, 1.54) is 5.56 Å². The lowest BCUT2D eigenvalue weighted by atomic mass is 9.64.